The molecule has 0 saturated heterocycles. The smallest absolute Gasteiger partial charge is 0.0973 e. The number of nitrogens with zero attached hydrogens (tertiary/aromatic N) is 1. The third-order valence-electron chi connectivity index (χ3n) is 3.11. The van der Waals surface area contributed by atoms with Crippen molar-refractivity contribution in [1.82, 2.24) is 10.3 Å². The van der Waals surface area contributed by atoms with Crippen LogP contribution in [0.4, 0.5) is 0 Å². The maximum Gasteiger partial charge on any atom is 0.0973 e. The van der Waals surface area contributed by atoms with Gasteiger partial charge in [0.2, 0.25) is 0 Å². The minimum absolute atomic E-state index is 0.472. The molecule has 2 aromatic rings. The Kier molecular flexibility index (Phi) is 4.15. The number of hydrogen-bond donors (Lipinski definition) is 1. The SMILES string of the molecule is CNCC(C)c1nc(-c2ccc(C)cc2C)cs1. The number of rotatable bonds is 4. The van der Waals surface area contributed by atoms with Gasteiger partial charge in [0.25, 0.3) is 0 Å². The molecule has 1 N–H and O–H groups in total. The van der Waals surface area contributed by atoms with E-state index in [0.717, 1.165) is 12.2 Å². The molecule has 1 heterocycles. The van der Waals surface area contributed by atoms with Gasteiger partial charge in [-0.2, -0.15) is 0 Å². The van der Waals surface area contributed by atoms with Crippen molar-refractivity contribution in [3.63, 3.8) is 0 Å². The average Bonchev–Trinajstić information content (AvgIpc) is 2.78. The Bertz CT molecular complexity index is 531. The van der Waals surface area contributed by atoms with Crippen LogP contribution in [0.3, 0.4) is 0 Å². The lowest BCUT2D eigenvalue weighted by Gasteiger charge is -2.06. The minimum Gasteiger partial charge on any atom is -0.319 e. The maximum absolute atomic E-state index is 4.77. The van der Waals surface area contributed by atoms with Gasteiger partial charge in [0.05, 0.1) is 10.7 Å². The van der Waals surface area contributed by atoms with Gasteiger partial charge in [-0.05, 0) is 26.5 Å². The van der Waals surface area contributed by atoms with Crippen LogP contribution in [0, 0.1) is 13.8 Å². The summed E-state index contributed by atoms with van der Waals surface area (Å²) in [6, 6.07) is 6.54. The third-order valence-corrected chi connectivity index (χ3v) is 4.19. The van der Waals surface area contributed by atoms with E-state index in [9.17, 15) is 0 Å². The van der Waals surface area contributed by atoms with Gasteiger partial charge in [-0.15, -0.1) is 11.3 Å². The Morgan fingerprint density at radius 1 is 1.33 bits per heavy atom. The molecule has 0 amide bonds. The second-order valence-corrected chi connectivity index (χ2v) is 5.74. The van der Waals surface area contributed by atoms with E-state index in [4.69, 9.17) is 4.98 Å². The van der Waals surface area contributed by atoms with Crippen molar-refractivity contribution in [3.8, 4) is 11.3 Å². The van der Waals surface area contributed by atoms with E-state index in [1.807, 2.05) is 7.05 Å². The highest BCUT2D eigenvalue weighted by molar-refractivity contribution is 7.10. The van der Waals surface area contributed by atoms with Crippen LogP contribution in [0.2, 0.25) is 0 Å². The predicted molar refractivity (Wildman–Crippen MR) is 79.4 cm³/mol. The molecule has 1 unspecified atom stereocenters. The molecule has 0 aliphatic rings. The lowest BCUT2D eigenvalue weighted by molar-refractivity contribution is 0.674. The molecule has 0 saturated carbocycles. The zero-order chi connectivity index (χ0) is 13.1. The molecule has 1 atom stereocenters. The Labute approximate surface area is 113 Å². The van der Waals surface area contributed by atoms with E-state index in [1.165, 1.54) is 21.7 Å². The molecule has 0 bridgehead atoms. The minimum atomic E-state index is 0.472. The molecular weight excluding hydrogens is 240 g/mol. The molecule has 0 fully saturated rings. The maximum atomic E-state index is 4.77. The van der Waals surface area contributed by atoms with Crippen LogP contribution in [0.1, 0.15) is 29.0 Å². The molecule has 1 aromatic heterocycles. The Balaban J connectivity index is 2.29. The zero-order valence-electron chi connectivity index (χ0n) is 11.4. The number of aryl methyl sites for hydroxylation is 2. The standard InChI is InChI=1S/C15H20N2S/c1-10-5-6-13(11(2)7-10)14-9-18-15(17-14)12(3)8-16-4/h5-7,9,12,16H,8H2,1-4H3. The van der Waals surface area contributed by atoms with E-state index in [-0.39, 0.29) is 0 Å². The Hall–Kier alpha value is -1.19. The van der Waals surface area contributed by atoms with Crippen molar-refractivity contribution < 1.29 is 0 Å². The van der Waals surface area contributed by atoms with E-state index >= 15 is 0 Å². The van der Waals surface area contributed by atoms with Crippen molar-refractivity contribution in [2.45, 2.75) is 26.7 Å². The van der Waals surface area contributed by atoms with Gasteiger partial charge in [-0.25, -0.2) is 4.98 Å². The number of aromatic nitrogens is 1. The second kappa shape index (κ2) is 5.63. The highest BCUT2D eigenvalue weighted by atomic mass is 32.1. The van der Waals surface area contributed by atoms with Crippen LogP contribution < -0.4 is 5.32 Å². The van der Waals surface area contributed by atoms with E-state index in [2.05, 4.69) is 49.7 Å². The summed E-state index contributed by atoms with van der Waals surface area (Å²) in [5.74, 6) is 0.472. The molecule has 96 valence electrons. The van der Waals surface area contributed by atoms with Crippen molar-refractivity contribution in [1.29, 1.82) is 0 Å². The monoisotopic (exact) mass is 260 g/mol. The lowest BCUT2D eigenvalue weighted by Crippen LogP contribution is -2.14. The zero-order valence-corrected chi connectivity index (χ0v) is 12.3. The molecule has 2 rings (SSSR count). The fraction of sp³-hybridized carbons (Fsp3) is 0.400. The topological polar surface area (TPSA) is 24.9 Å². The molecule has 0 spiro atoms. The number of hydrogen-bond acceptors (Lipinski definition) is 3. The van der Waals surface area contributed by atoms with E-state index < -0.39 is 0 Å². The van der Waals surface area contributed by atoms with Gasteiger partial charge in [-0.1, -0.05) is 30.7 Å². The summed E-state index contributed by atoms with van der Waals surface area (Å²) in [7, 11) is 1.98. The molecule has 0 aliphatic heterocycles. The molecule has 0 radical (unpaired) electrons. The highest BCUT2D eigenvalue weighted by Gasteiger charge is 2.11. The number of thiazole rings is 1. The van der Waals surface area contributed by atoms with Crippen molar-refractivity contribution >= 4 is 11.3 Å². The highest BCUT2D eigenvalue weighted by Crippen LogP contribution is 2.28. The molecule has 0 aliphatic carbocycles. The van der Waals surface area contributed by atoms with Crippen molar-refractivity contribution in [2.75, 3.05) is 13.6 Å². The number of likely N-dealkylation sites (N-methyl/N-ethyl adjacent to an activating group) is 1. The van der Waals surface area contributed by atoms with Crippen molar-refractivity contribution in [3.05, 3.63) is 39.7 Å². The first-order valence-electron chi connectivity index (χ1n) is 6.29. The predicted octanol–water partition coefficient (Wildman–Crippen LogP) is 3.75. The van der Waals surface area contributed by atoms with Crippen LogP contribution in [0.25, 0.3) is 11.3 Å². The second-order valence-electron chi connectivity index (χ2n) is 4.85. The first-order chi connectivity index (χ1) is 8.61. The largest absolute Gasteiger partial charge is 0.319 e. The van der Waals surface area contributed by atoms with Crippen LogP contribution >= 0.6 is 11.3 Å². The third kappa shape index (κ3) is 2.79. The van der Waals surface area contributed by atoms with E-state index in [1.54, 1.807) is 11.3 Å². The average molecular weight is 260 g/mol. The van der Waals surface area contributed by atoms with Crippen LogP contribution in [-0.4, -0.2) is 18.6 Å². The molecule has 1 aromatic carbocycles. The van der Waals surface area contributed by atoms with Gasteiger partial charge in [-0.3, -0.25) is 0 Å². The summed E-state index contributed by atoms with van der Waals surface area (Å²) in [5.41, 5.74) is 4.96. The van der Waals surface area contributed by atoms with Crippen LogP contribution in [0.5, 0.6) is 0 Å². The van der Waals surface area contributed by atoms with Gasteiger partial charge < -0.3 is 5.32 Å². The first kappa shape index (κ1) is 13.2. The number of benzene rings is 1. The van der Waals surface area contributed by atoms with Gasteiger partial charge >= 0.3 is 0 Å². The summed E-state index contributed by atoms with van der Waals surface area (Å²) in [5, 5.41) is 6.57. The summed E-state index contributed by atoms with van der Waals surface area (Å²) in [6.45, 7) is 7.46. The lowest BCUT2D eigenvalue weighted by atomic mass is 10.0. The fourth-order valence-electron chi connectivity index (χ4n) is 2.13. The van der Waals surface area contributed by atoms with Crippen LogP contribution in [-0.2, 0) is 0 Å². The normalized spacial score (nSPS) is 12.7. The first-order valence-corrected chi connectivity index (χ1v) is 7.17. The van der Waals surface area contributed by atoms with Crippen molar-refractivity contribution in [2.24, 2.45) is 0 Å². The molecular formula is C15H20N2S. The molecule has 18 heavy (non-hydrogen) atoms. The summed E-state index contributed by atoms with van der Waals surface area (Å²) in [6.07, 6.45) is 0. The summed E-state index contributed by atoms with van der Waals surface area (Å²) >= 11 is 1.75. The summed E-state index contributed by atoms with van der Waals surface area (Å²) in [4.78, 5) is 4.77. The van der Waals surface area contributed by atoms with E-state index in [0.29, 0.717) is 5.92 Å². The molecule has 2 nitrogen and oxygen atoms in total. The molecule has 3 heteroatoms. The fourth-order valence-corrected chi connectivity index (χ4v) is 3.01. The van der Waals surface area contributed by atoms with Gasteiger partial charge in [0, 0.05) is 23.4 Å². The quantitative estimate of drug-likeness (QED) is 0.905. The summed E-state index contributed by atoms with van der Waals surface area (Å²) < 4.78 is 0. The van der Waals surface area contributed by atoms with Gasteiger partial charge in [0.15, 0.2) is 0 Å². The van der Waals surface area contributed by atoms with Gasteiger partial charge in [0.1, 0.15) is 0 Å². The van der Waals surface area contributed by atoms with Crippen LogP contribution in [0.15, 0.2) is 23.6 Å². The Morgan fingerprint density at radius 2 is 2.11 bits per heavy atom. The Morgan fingerprint density at radius 3 is 2.78 bits per heavy atom. The number of nitrogens with one attached hydrogen (secondary N) is 1.